The number of hydrogen-bond donors (Lipinski definition) is 1. The molecule has 11 nitrogen and oxygen atoms in total. The Morgan fingerprint density at radius 2 is 1.72 bits per heavy atom. The van der Waals surface area contributed by atoms with E-state index < -0.39 is 36.1 Å². The van der Waals surface area contributed by atoms with Gasteiger partial charge in [0.15, 0.2) is 17.5 Å². The quantitative estimate of drug-likeness (QED) is 0.331. The third-order valence-electron chi connectivity index (χ3n) is 6.91. The van der Waals surface area contributed by atoms with Gasteiger partial charge in [-0.25, -0.2) is 9.78 Å². The fourth-order valence-electron chi connectivity index (χ4n) is 4.66. The number of rotatable bonds is 11. The van der Waals surface area contributed by atoms with Crippen molar-refractivity contribution in [3.63, 3.8) is 0 Å². The van der Waals surface area contributed by atoms with Crippen molar-refractivity contribution in [2.45, 2.75) is 38.0 Å². The molecule has 11 heteroatoms. The molecule has 1 saturated heterocycles. The Morgan fingerprint density at radius 1 is 1.00 bits per heavy atom. The minimum Gasteiger partial charge on any atom is -0.493 e. The molecule has 0 radical (unpaired) electrons. The summed E-state index contributed by atoms with van der Waals surface area (Å²) >= 11 is 0. The van der Waals surface area contributed by atoms with E-state index in [4.69, 9.17) is 28.4 Å². The number of ether oxygens (including phenoxy) is 6. The first kappa shape index (κ1) is 31.5. The van der Waals surface area contributed by atoms with Crippen LogP contribution in [0.25, 0.3) is 0 Å². The number of esters is 2. The lowest BCUT2D eigenvalue weighted by atomic mass is 9.89. The minimum absolute atomic E-state index is 0.0490. The molecule has 4 rings (SSSR count). The first-order chi connectivity index (χ1) is 20.9. The highest BCUT2D eigenvalue weighted by Crippen LogP contribution is 2.30. The van der Waals surface area contributed by atoms with Gasteiger partial charge in [0.1, 0.15) is 18.0 Å². The standard InChI is InChI=1S/C32H36N2O9/c1-21-24(18-22-10-6-4-7-11-22)27(42-23-12-8-5-9-13-23)20-40-19-25(32(37)41-21)34-31(36)29-30(26(39-3)14-16-33-29)43-28(35)15-17-38-2/h4-14,16,21,24-25,27H,15,17-20H2,1-3H3,(H,34,36). The van der Waals surface area contributed by atoms with Gasteiger partial charge in [0.2, 0.25) is 5.75 Å². The molecule has 1 aliphatic heterocycles. The zero-order valence-corrected chi connectivity index (χ0v) is 24.4. The number of pyridine rings is 1. The van der Waals surface area contributed by atoms with Gasteiger partial charge < -0.3 is 33.7 Å². The van der Waals surface area contributed by atoms with Gasteiger partial charge in [-0.2, -0.15) is 0 Å². The molecule has 4 unspecified atom stereocenters. The van der Waals surface area contributed by atoms with Gasteiger partial charge in [0.25, 0.3) is 5.91 Å². The number of amides is 1. The molecule has 0 aliphatic carbocycles. The van der Waals surface area contributed by atoms with Crippen LogP contribution < -0.4 is 19.5 Å². The number of methoxy groups -OCH3 is 2. The van der Waals surface area contributed by atoms with E-state index in [0.29, 0.717) is 12.2 Å². The maximum absolute atomic E-state index is 13.4. The molecule has 1 fully saturated rings. The molecular weight excluding hydrogens is 556 g/mol. The summed E-state index contributed by atoms with van der Waals surface area (Å²) in [5.41, 5.74) is 0.816. The Balaban J connectivity index is 1.54. The van der Waals surface area contributed by atoms with Crippen LogP contribution in [0.15, 0.2) is 72.9 Å². The second kappa shape index (κ2) is 15.7. The fourth-order valence-corrected chi connectivity index (χ4v) is 4.66. The van der Waals surface area contributed by atoms with Gasteiger partial charge in [-0.15, -0.1) is 0 Å². The molecule has 0 spiro atoms. The van der Waals surface area contributed by atoms with E-state index in [1.165, 1.54) is 26.5 Å². The summed E-state index contributed by atoms with van der Waals surface area (Å²) in [5.74, 6) is -1.75. The van der Waals surface area contributed by atoms with E-state index in [2.05, 4.69) is 10.3 Å². The van der Waals surface area contributed by atoms with Crippen LogP contribution >= 0.6 is 0 Å². The van der Waals surface area contributed by atoms with Gasteiger partial charge in [0.05, 0.1) is 33.4 Å². The third-order valence-corrected chi connectivity index (χ3v) is 6.91. The Kier molecular flexibility index (Phi) is 11.5. The summed E-state index contributed by atoms with van der Waals surface area (Å²) in [6.07, 6.45) is 0.804. The molecule has 1 aromatic heterocycles. The summed E-state index contributed by atoms with van der Waals surface area (Å²) in [6, 6.07) is 19.5. The minimum atomic E-state index is -1.17. The number of aromatic nitrogens is 1. The highest BCUT2D eigenvalue weighted by Gasteiger charge is 2.37. The lowest BCUT2D eigenvalue weighted by Gasteiger charge is -2.31. The Hall–Kier alpha value is -4.48. The van der Waals surface area contributed by atoms with Crippen molar-refractivity contribution in [1.82, 2.24) is 10.3 Å². The monoisotopic (exact) mass is 592 g/mol. The van der Waals surface area contributed by atoms with Crippen molar-refractivity contribution < 1.29 is 42.8 Å². The Labute approximate surface area is 250 Å². The summed E-state index contributed by atoms with van der Waals surface area (Å²) in [7, 11) is 2.82. The van der Waals surface area contributed by atoms with E-state index in [1.54, 1.807) is 6.92 Å². The smallest absolute Gasteiger partial charge is 0.331 e. The number of nitrogens with zero attached hydrogens (tertiary/aromatic N) is 1. The zero-order valence-electron chi connectivity index (χ0n) is 24.4. The van der Waals surface area contributed by atoms with Gasteiger partial charge >= 0.3 is 11.9 Å². The van der Waals surface area contributed by atoms with Crippen molar-refractivity contribution in [3.05, 3.63) is 84.2 Å². The summed E-state index contributed by atoms with van der Waals surface area (Å²) in [6.45, 7) is 1.89. The van der Waals surface area contributed by atoms with E-state index in [-0.39, 0.29) is 49.4 Å². The van der Waals surface area contributed by atoms with Crippen LogP contribution in [-0.4, -0.2) is 75.1 Å². The Bertz CT molecular complexity index is 1350. The second-order valence-corrected chi connectivity index (χ2v) is 9.94. The van der Waals surface area contributed by atoms with E-state index >= 15 is 0 Å². The van der Waals surface area contributed by atoms with Gasteiger partial charge in [0, 0.05) is 25.3 Å². The first-order valence-corrected chi connectivity index (χ1v) is 14.0. The number of cyclic esters (lactones) is 1. The summed E-state index contributed by atoms with van der Waals surface area (Å²) in [5, 5.41) is 2.62. The van der Waals surface area contributed by atoms with Crippen LogP contribution in [0.1, 0.15) is 29.4 Å². The van der Waals surface area contributed by atoms with Crippen molar-refractivity contribution in [1.29, 1.82) is 0 Å². The molecule has 43 heavy (non-hydrogen) atoms. The van der Waals surface area contributed by atoms with Gasteiger partial charge in [-0.1, -0.05) is 48.5 Å². The number of para-hydroxylation sites is 1. The lowest BCUT2D eigenvalue weighted by Crippen LogP contribution is -2.46. The molecule has 2 aromatic carbocycles. The zero-order chi connectivity index (χ0) is 30.6. The van der Waals surface area contributed by atoms with Crippen LogP contribution in [-0.2, 0) is 30.2 Å². The van der Waals surface area contributed by atoms with E-state index in [9.17, 15) is 14.4 Å². The first-order valence-electron chi connectivity index (χ1n) is 14.0. The average Bonchev–Trinajstić information content (AvgIpc) is 3.06. The maximum atomic E-state index is 13.4. The van der Waals surface area contributed by atoms with Crippen molar-refractivity contribution in [3.8, 4) is 17.2 Å². The molecule has 1 N–H and O–H groups in total. The van der Waals surface area contributed by atoms with Crippen molar-refractivity contribution in [2.24, 2.45) is 5.92 Å². The van der Waals surface area contributed by atoms with E-state index in [0.717, 1.165) is 5.56 Å². The number of carbonyl (C=O) groups excluding carboxylic acids is 3. The normalized spacial score (nSPS) is 20.5. The molecule has 0 bridgehead atoms. The number of nitrogens with one attached hydrogen (secondary N) is 1. The molecule has 3 aromatic rings. The van der Waals surface area contributed by atoms with E-state index in [1.807, 2.05) is 60.7 Å². The van der Waals surface area contributed by atoms with Gasteiger partial charge in [-0.05, 0) is 31.0 Å². The molecule has 1 aliphatic rings. The molecule has 4 atom stereocenters. The van der Waals surface area contributed by atoms with Crippen LogP contribution in [0.5, 0.6) is 17.2 Å². The van der Waals surface area contributed by atoms with Crippen LogP contribution in [0, 0.1) is 5.92 Å². The number of hydrogen-bond acceptors (Lipinski definition) is 10. The fraction of sp³-hybridized carbons (Fsp3) is 0.375. The third kappa shape index (κ3) is 8.76. The van der Waals surface area contributed by atoms with Crippen molar-refractivity contribution in [2.75, 3.05) is 34.0 Å². The molecular formula is C32H36N2O9. The number of carbonyl (C=O) groups is 3. The predicted molar refractivity (Wildman–Crippen MR) is 155 cm³/mol. The van der Waals surface area contributed by atoms with Crippen LogP contribution in [0.4, 0.5) is 0 Å². The summed E-state index contributed by atoms with van der Waals surface area (Å²) in [4.78, 5) is 43.2. The molecule has 228 valence electrons. The highest BCUT2D eigenvalue weighted by molar-refractivity contribution is 5.98. The topological polar surface area (TPSA) is 132 Å². The predicted octanol–water partition coefficient (Wildman–Crippen LogP) is 3.40. The second-order valence-electron chi connectivity index (χ2n) is 9.94. The SMILES string of the molecule is COCCC(=O)Oc1c(OC)ccnc1C(=O)NC1COCC(Oc2ccccc2)C(Cc2ccccc2)C(C)OC1=O. The average molecular weight is 593 g/mol. The Morgan fingerprint density at radius 3 is 2.42 bits per heavy atom. The van der Waals surface area contributed by atoms with Crippen LogP contribution in [0.3, 0.4) is 0 Å². The van der Waals surface area contributed by atoms with Crippen molar-refractivity contribution >= 4 is 17.8 Å². The van der Waals surface area contributed by atoms with Crippen LogP contribution in [0.2, 0.25) is 0 Å². The molecule has 2 heterocycles. The highest BCUT2D eigenvalue weighted by atomic mass is 16.6. The number of benzene rings is 2. The maximum Gasteiger partial charge on any atom is 0.331 e. The lowest BCUT2D eigenvalue weighted by molar-refractivity contribution is -0.154. The van der Waals surface area contributed by atoms with Gasteiger partial charge in [-0.3, -0.25) is 9.59 Å². The summed E-state index contributed by atoms with van der Waals surface area (Å²) < 4.78 is 33.8. The molecule has 0 saturated carbocycles. The largest absolute Gasteiger partial charge is 0.493 e. The molecule has 1 amide bonds.